The van der Waals surface area contributed by atoms with Crippen molar-refractivity contribution >= 4 is 51.2 Å². The molecule has 2 atom stereocenters. The average Bonchev–Trinajstić information content (AvgIpc) is 3.28. The number of nitrogens with zero attached hydrogens (tertiary/aromatic N) is 3. The highest BCUT2D eigenvalue weighted by molar-refractivity contribution is 8.29. The quantitative estimate of drug-likeness (QED) is 0.293. The van der Waals surface area contributed by atoms with Gasteiger partial charge in [-0.15, -0.1) is 10.3 Å². The van der Waals surface area contributed by atoms with E-state index in [-0.39, 0.29) is 16.6 Å². The van der Waals surface area contributed by atoms with Crippen LogP contribution in [0.2, 0.25) is 10.0 Å². The minimum Gasteiger partial charge on any atom is -0.444 e. The lowest BCUT2D eigenvalue weighted by atomic mass is 9.94. The van der Waals surface area contributed by atoms with Crippen molar-refractivity contribution in [3.05, 3.63) is 28.2 Å². The normalized spacial score (nSPS) is 21.2. The predicted molar refractivity (Wildman–Crippen MR) is 173 cm³/mol. The Morgan fingerprint density at radius 2 is 1.73 bits per heavy atom. The Bertz CT molecular complexity index is 1050. The number of ether oxygens (including phenoxy) is 1. The first-order valence-corrected chi connectivity index (χ1v) is 17.8. The van der Waals surface area contributed by atoms with Crippen molar-refractivity contribution < 1.29 is 18.9 Å². The summed E-state index contributed by atoms with van der Waals surface area (Å²) >= 11 is 12.6. The summed E-state index contributed by atoms with van der Waals surface area (Å²) < 4.78 is 16.1. The minimum atomic E-state index is -1.80. The van der Waals surface area contributed by atoms with Crippen LogP contribution in [0, 0.1) is 5.92 Å². The molecule has 11 heteroatoms. The third kappa shape index (κ3) is 9.55. The van der Waals surface area contributed by atoms with Crippen molar-refractivity contribution in [3.8, 4) is 0 Å². The largest absolute Gasteiger partial charge is 0.444 e. The summed E-state index contributed by atoms with van der Waals surface area (Å²) in [4.78, 5) is 32.6. The molecule has 0 bridgehead atoms. The molecular weight excluding hydrogens is 583 g/mol. The van der Waals surface area contributed by atoms with E-state index in [1.165, 1.54) is 0 Å². The Hall–Kier alpha value is -1.39. The molecule has 0 spiro atoms. The van der Waals surface area contributed by atoms with Gasteiger partial charge in [0, 0.05) is 44.0 Å². The number of piperazine rings is 1. The van der Waals surface area contributed by atoms with Crippen molar-refractivity contribution in [1.29, 1.82) is 0 Å². The first-order valence-electron chi connectivity index (χ1n) is 14.6. The molecule has 0 saturated carbocycles. The number of rotatable bonds is 10. The van der Waals surface area contributed by atoms with Crippen LogP contribution in [-0.2, 0) is 9.53 Å². The van der Waals surface area contributed by atoms with E-state index in [9.17, 15) is 14.1 Å². The molecule has 2 aliphatic heterocycles. The van der Waals surface area contributed by atoms with E-state index < -0.39 is 28.0 Å². The number of hydrogen-bond acceptors (Lipinski definition) is 6. The zero-order chi connectivity index (χ0) is 30.6. The summed E-state index contributed by atoms with van der Waals surface area (Å²) in [5.41, 5.74) is 0.347. The maximum atomic E-state index is 13.3. The highest BCUT2D eigenvalue weighted by Gasteiger charge is 2.44. The lowest BCUT2D eigenvalue weighted by molar-refractivity contribution is -0.125. The standard InChI is InChI=1S/C30H50Cl2N4O4S/c1-29(2,3)40-28(38)36-21-22(20-30(4,5)41(6,7)39)19-25(36)27(37)33-13-8-9-14-34-15-17-35(18-16-34)24-12-10-11-23(31)26(24)32/h10-12,22,25,39H,8-9,13-21H2,1-7H3,(H,33,37)/t22?,25-/m0/s1. The maximum Gasteiger partial charge on any atom is 0.410 e. The van der Waals surface area contributed by atoms with Gasteiger partial charge in [0.05, 0.1) is 15.7 Å². The summed E-state index contributed by atoms with van der Waals surface area (Å²) in [5.74, 6) is -0.00793. The van der Waals surface area contributed by atoms with Gasteiger partial charge >= 0.3 is 6.09 Å². The van der Waals surface area contributed by atoms with Crippen LogP contribution >= 0.6 is 33.5 Å². The molecular formula is C30H50Cl2N4O4S. The van der Waals surface area contributed by atoms with E-state index in [4.69, 9.17) is 27.9 Å². The van der Waals surface area contributed by atoms with E-state index in [0.29, 0.717) is 29.6 Å². The second kappa shape index (κ2) is 13.9. The molecule has 2 heterocycles. The lowest BCUT2D eigenvalue weighted by Crippen LogP contribution is -2.48. The molecule has 2 saturated heterocycles. The van der Waals surface area contributed by atoms with Gasteiger partial charge in [-0.2, -0.15) is 0 Å². The summed E-state index contributed by atoms with van der Waals surface area (Å²) in [5, 5.41) is 4.27. The molecule has 0 aliphatic carbocycles. The zero-order valence-electron chi connectivity index (χ0n) is 25.8. The van der Waals surface area contributed by atoms with Gasteiger partial charge in [0.25, 0.3) is 0 Å². The van der Waals surface area contributed by atoms with Crippen molar-refractivity contribution in [1.82, 2.24) is 15.1 Å². The van der Waals surface area contributed by atoms with Crippen molar-refractivity contribution in [2.24, 2.45) is 5.92 Å². The second-order valence-electron chi connectivity index (χ2n) is 13.4. The number of anilines is 1. The highest BCUT2D eigenvalue weighted by atomic mass is 35.5. The van der Waals surface area contributed by atoms with Gasteiger partial charge < -0.3 is 19.5 Å². The number of nitrogens with one attached hydrogen (secondary N) is 1. The van der Waals surface area contributed by atoms with Crippen LogP contribution in [0.5, 0.6) is 0 Å². The second-order valence-corrected chi connectivity index (χ2v) is 17.8. The van der Waals surface area contributed by atoms with Crippen molar-refractivity contribution in [2.45, 2.75) is 76.7 Å². The van der Waals surface area contributed by atoms with Crippen LogP contribution in [0.1, 0.15) is 60.3 Å². The van der Waals surface area contributed by atoms with Crippen molar-refractivity contribution in [2.75, 3.05) is 63.2 Å². The lowest BCUT2D eigenvalue weighted by Gasteiger charge is -2.43. The van der Waals surface area contributed by atoms with Crippen LogP contribution < -0.4 is 10.2 Å². The molecule has 41 heavy (non-hydrogen) atoms. The molecule has 2 amide bonds. The molecule has 1 aromatic rings. The molecule has 8 nitrogen and oxygen atoms in total. The topological polar surface area (TPSA) is 85.3 Å². The molecule has 0 radical (unpaired) electrons. The Balaban J connectivity index is 1.46. The van der Waals surface area contributed by atoms with E-state index in [1.807, 2.05) is 51.5 Å². The Morgan fingerprint density at radius 3 is 2.34 bits per heavy atom. The van der Waals surface area contributed by atoms with E-state index >= 15 is 0 Å². The minimum absolute atomic E-state index is 0.118. The predicted octanol–water partition coefficient (Wildman–Crippen LogP) is 6.34. The number of carbonyl (C=O) groups is 2. The summed E-state index contributed by atoms with van der Waals surface area (Å²) in [6.45, 7) is 15.3. The SMILES string of the molecule is CC(C)(C)OC(=O)N1CC(CC(C)(C)S(C)(C)O)C[C@H]1C(=O)NCCCCN1CCN(c2cccc(Cl)c2Cl)CC1. The number of carbonyl (C=O) groups excluding carboxylic acids is 2. The summed E-state index contributed by atoms with van der Waals surface area (Å²) in [7, 11) is -1.80. The molecule has 234 valence electrons. The van der Waals surface area contributed by atoms with Crippen LogP contribution in [0.15, 0.2) is 18.2 Å². The van der Waals surface area contributed by atoms with Crippen LogP contribution in [0.3, 0.4) is 0 Å². The third-order valence-corrected chi connectivity index (χ3v) is 12.0. The first-order chi connectivity index (χ1) is 19.0. The highest BCUT2D eigenvalue weighted by Crippen LogP contribution is 2.53. The number of halogens is 2. The average molecular weight is 634 g/mol. The molecule has 2 aliphatic rings. The molecule has 2 fully saturated rings. The Labute approximate surface area is 258 Å². The van der Waals surface area contributed by atoms with Gasteiger partial charge in [-0.1, -0.05) is 43.1 Å². The third-order valence-electron chi connectivity index (χ3n) is 8.30. The first kappa shape index (κ1) is 34.1. The van der Waals surface area contributed by atoms with Crippen LogP contribution in [-0.4, -0.2) is 101 Å². The van der Waals surface area contributed by atoms with Gasteiger partial charge in [-0.25, -0.2) is 4.79 Å². The maximum absolute atomic E-state index is 13.3. The number of amides is 2. The van der Waals surface area contributed by atoms with Crippen molar-refractivity contribution in [3.63, 3.8) is 0 Å². The van der Waals surface area contributed by atoms with Gasteiger partial charge in [0.15, 0.2) is 0 Å². The summed E-state index contributed by atoms with van der Waals surface area (Å²) in [6, 6.07) is 5.19. The van der Waals surface area contributed by atoms with E-state index in [0.717, 1.165) is 57.7 Å². The Kier molecular flexibility index (Phi) is 11.6. The summed E-state index contributed by atoms with van der Waals surface area (Å²) in [6.07, 6.45) is 6.50. The number of hydrogen-bond donors (Lipinski definition) is 2. The monoisotopic (exact) mass is 632 g/mol. The van der Waals surface area contributed by atoms with E-state index in [1.54, 1.807) is 4.90 Å². The fraction of sp³-hybridized carbons (Fsp3) is 0.733. The van der Waals surface area contributed by atoms with Gasteiger partial charge in [0.1, 0.15) is 11.6 Å². The molecule has 1 unspecified atom stereocenters. The zero-order valence-corrected chi connectivity index (χ0v) is 28.2. The number of benzene rings is 1. The molecule has 0 aromatic heterocycles. The number of unbranched alkanes of at least 4 members (excludes halogenated alkanes) is 1. The van der Waals surface area contributed by atoms with Gasteiger partial charge in [-0.3, -0.25) is 14.6 Å². The van der Waals surface area contributed by atoms with Gasteiger partial charge in [0.2, 0.25) is 5.91 Å². The smallest absolute Gasteiger partial charge is 0.410 e. The Morgan fingerprint density at radius 1 is 1.07 bits per heavy atom. The fourth-order valence-corrected chi connectivity index (χ4v) is 6.54. The molecule has 1 aromatic carbocycles. The van der Waals surface area contributed by atoms with Gasteiger partial charge in [-0.05, 0) is 83.6 Å². The van der Waals surface area contributed by atoms with Crippen LogP contribution in [0.25, 0.3) is 0 Å². The van der Waals surface area contributed by atoms with Crippen LogP contribution in [0.4, 0.5) is 10.5 Å². The molecule has 2 N–H and O–H groups in total. The molecule has 3 rings (SSSR count). The van der Waals surface area contributed by atoms with E-state index in [2.05, 4.69) is 29.0 Å². The number of likely N-dealkylation sites (tertiary alicyclic amines) is 1. The fourth-order valence-electron chi connectivity index (χ4n) is 5.48.